The van der Waals surface area contributed by atoms with E-state index in [0.717, 1.165) is 51.6 Å². The molecule has 0 saturated carbocycles. The Balaban J connectivity index is 0.00000338. The van der Waals surface area contributed by atoms with Gasteiger partial charge in [-0.25, -0.2) is 0 Å². The minimum Gasteiger partial charge on any atom is -0.373 e. The van der Waals surface area contributed by atoms with Gasteiger partial charge in [0.2, 0.25) is 0 Å². The first-order chi connectivity index (χ1) is 12.1. The SMILES string of the molecule is CCN(CC)C(CNC(=NC)NCC1(C)CCCO1)c1ccccc1.I. The summed E-state index contributed by atoms with van der Waals surface area (Å²) in [6, 6.07) is 11.0. The van der Waals surface area contributed by atoms with Crippen LogP contribution in [0.2, 0.25) is 0 Å². The average Bonchev–Trinajstić information content (AvgIpc) is 3.08. The zero-order valence-electron chi connectivity index (χ0n) is 16.6. The van der Waals surface area contributed by atoms with Crippen molar-refractivity contribution < 1.29 is 4.74 Å². The van der Waals surface area contributed by atoms with E-state index in [1.165, 1.54) is 5.56 Å². The average molecular weight is 474 g/mol. The van der Waals surface area contributed by atoms with E-state index in [0.29, 0.717) is 6.04 Å². The maximum Gasteiger partial charge on any atom is 0.191 e. The quantitative estimate of drug-likeness (QED) is 0.345. The van der Waals surface area contributed by atoms with Gasteiger partial charge in [-0.3, -0.25) is 9.89 Å². The van der Waals surface area contributed by atoms with E-state index >= 15 is 0 Å². The Kier molecular flexibility index (Phi) is 10.5. The van der Waals surface area contributed by atoms with Crippen LogP contribution in [-0.2, 0) is 4.74 Å². The predicted octanol–water partition coefficient (Wildman–Crippen LogP) is 3.42. The fourth-order valence-corrected chi connectivity index (χ4v) is 3.46. The van der Waals surface area contributed by atoms with Gasteiger partial charge in [0.05, 0.1) is 11.6 Å². The normalized spacial score (nSPS) is 21.3. The van der Waals surface area contributed by atoms with E-state index < -0.39 is 0 Å². The van der Waals surface area contributed by atoms with Crippen LogP contribution in [-0.4, -0.2) is 56.3 Å². The van der Waals surface area contributed by atoms with Crippen LogP contribution in [0.4, 0.5) is 0 Å². The number of hydrogen-bond acceptors (Lipinski definition) is 3. The second-order valence-electron chi connectivity index (χ2n) is 6.86. The minimum absolute atomic E-state index is 0. The fraction of sp³-hybridized carbons (Fsp3) is 0.650. The molecule has 0 radical (unpaired) electrons. The first kappa shape index (κ1) is 23.2. The Morgan fingerprint density at radius 2 is 1.92 bits per heavy atom. The zero-order chi connectivity index (χ0) is 18.1. The topological polar surface area (TPSA) is 48.9 Å². The maximum atomic E-state index is 5.85. The van der Waals surface area contributed by atoms with Gasteiger partial charge in [0.15, 0.2) is 5.96 Å². The lowest BCUT2D eigenvalue weighted by Gasteiger charge is -2.31. The molecule has 0 spiro atoms. The molecule has 1 aliphatic heterocycles. The smallest absolute Gasteiger partial charge is 0.191 e. The number of rotatable bonds is 8. The highest BCUT2D eigenvalue weighted by Gasteiger charge is 2.29. The molecule has 0 aromatic heterocycles. The molecule has 1 fully saturated rings. The molecule has 1 aromatic rings. The van der Waals surface area contributed by atoms with Crippen LogP contribution < -0.4 is 10.6 Å². The highest BCUT2D eigenvalue weighted by molar-refractivity contribution is 14.0. The zero-order valence-corrected chi connectivity index (χ0v) is 19.0. The molecule has 5 nitrogen and oxygen atoms in total. The van der Waals surface area contributed by atoms with Gasteiger partial charge >= 0.3 is 0 Å². The Bertz CT molecular complexity index is 528. The van der Waals surface area contributed by atoms with Crippen molar-refractivity contribution in [2.45, 2.75) is 45.3 Å². The van der Waals surface area contributed by atoms with E-state index in [9.17, 15) is 0 Å². The molecule has 6 heteroatoms. The molecule has 148 valence electrons. The maximum absolute atomic E-state index is 5.85. The Hall–Kier alpha value is -0.860. The number of nitrogens with zero attached hydrogens (tertiary/aromatic N) is 2. The third-order valence-corrected chi connectivity index (χ3v) is 5.05. The molecular weight excluding hydrogens is 439 g/mol. The van der Waals surface area contributed by atoms with Crippen LogP contribution in [0, 0.1) is 0 Å². The summed E-state index contributed by atoms with van der Waals surface area (Å²) in [5.74, 6) is 0.838. The van der Waals surface area contributed by atoms with Crippen LogP contribution in [0.3, 0.4) is 0 Å². The van der Waals surface area contributed by atoms with Crippen molar-refractivity contribution in [1.29, 1.82) is 0 Å². The van der Waals surface area contributed by atoms with Gasteiger partial charge in [-0.2, -0.15) is 0 Å². The summed E-state index contributed by atoms with van der Waals surface area (Å²) in [6.45, 7) is 11.1. The predicted molar refractivity (Wildman–Crippen MR) is 120 cm³/mol. The van der Waals surface area contributed by atoms with Gasteiger partial charge in [-0.05, 0) is 38.4 Å². The first-order valence-corrected chi connectivity index (χ1v) is 9.49. The summed E-state index contributed by atoms with van der Waals surface area (Å²) in [6.07, 6.45) is 2.24. The third kappa shape index (κ3) is 6.70. The molecule has 2 atom stereocenters. The first-order valence-electron chi connectivity index (χ1n) is 9.49. The second-order valence-corrected chi connectivity index (χ2v) is 6.86. The van der Waals surface area contributed by atoms with Crippen molar-refractivity contribution in [3.05, 3.63) is 35.9 Å². The lowest BCUT2D eigenvalue weighted by atomic mass is 10.0. The highest BCUT2D eigenvalue weighted by Crippen LogP contribution is 2.24. The molecular formula is C20H35IN4O. The number of hydrogen-bond donors (Lipinski definition) is 2. The van der Waals surface area contributed by atoms with Crippen molar-refractivity contribution in [2.75, 3.05) is 39.8 Å². The summed E-state index contributed by atoms with van der Waals surface area (Å²) in [5, 5.41) is 6.93. The van der Waals surface area contributed by atoms with Crippen LogP contribution >= 0.6 is 24.0 Å². The van der Waals surface area contributed by atoms with Gasteiger partial charge in [-0.1, -0.05) is 44.2 Å². The van der Waals surface area contributed by atoms with Crippen molar-refractivity contribution in [3.8, 4) is 0 Å². The van der Waals surface area contributed by atoms with Crippen molar-refractivity contribution in [2.24, 2.45) is 4.99 Å². The largest absolute Gasteiger partial charge is 0.373 e. The molecule has 1 saturated heterocycles. The van der Waals surface area contributed by atoms with Crippen molar-refractivity contribution in [3.63, 3.8) is 0 Å². The van der Waals surface area contributed by atoms with Crippen molar-refractivity contribution in [1.82, 2.24) is 15.5 Å². The number of likely N-dealkylation sites (N-methyl/N-ethyl adjacent to an activating group) is 1. The van der Waals surface area contributed by atoms with Crippen LogP contribution in [0.15, 0.2) is 35.3 Å². The summed E-state index contributed by atoms with van der Waals surface area (Å²) in [4.78, 5) is 6.85. The lowest BCUT2D eigenvalue weighted by molar-refractivity contribution is 0.0242. The van der Waals surface area contributed by atoms with Gasteiger partial charge in [-0.15, -0.1) is 24.0 Å². The van der Waals surface area contributed by atoms with E-state index in [1.54, 1.807) is 0 Å². The van der Waals surface area contributed by atoms with Gasteiger partial charge < -0.3 is 15.4 Å². The lowest BCUT2D eigenvalue weighted by Crippen LogP contribution is -2.47. The Labute approximate surface area is 176 Å². The third-order valence-electron chi connectivity index (χ3n) is 5.05. The molecule has 1 aromatic carbocycles. The minimum atomic E-state index is -0.0741. The van der Waals surface area contributed by atoms with E-state index in [2.05, 4.69) is 71.6 Å². The summed E-state index contributed by atoms with van der Waals surface area (Å²) >= 11 is 0. The summed E-state index contributed by atoms with van der Waals surface area (Å²) in [7, 11) is 1.82. The number of aliphatic imine (C=N–C) groups is 1. The number of guanidine groups is 1. The number of nitrogens with one attached hydrogen (secondary N) is 2. The molecule has 2 unspecified atom stereocenters. The summed E-state index contributed by atoms with van der Waals surface area (Å²) < 4.78 is 5.85. The van der Waals surface area contributed by atoms with Gasteiger partial charge in [0.25, 0.3) is 0 Å². The number of ether oxygens (including phenoxy) is 1. The van der Waals surface area contributed by atoms with Crippen molar-refractivity contribution >= 4 is 29.9 Å². The fourth-order valence-electron chi connectivity index (χ4n) is 3.46. The molecule has 2 N–H and O–H groups in total. The Morgan fingerprint density at radius 3 is 2.46 bits per heavy atom. The molecule has 0 aliphatic carbocycles. The molecule has 26 heavy (non-hydrogen) atoms. The van der Waals surface area contributed by atoms with Crippen LogP contribution in [0.1, 0.15) is 45.2 Å². The Morgan fingerprint density at radius 1 is 1.23 bits per heavy atom. The molecule has 2 rings (SSSR count). The summed E-state index contributed by atoms with van der Waals surface area (Å²) in [5.41, 5.74) is 1.26. The van der Waals surface area contributed by atoms with Crippen LogP contribution in [0.5, 0.6) is 0 Å². The number of benzene rings is 1. The highest BCUT2D eigenvalue weighted by atomic mass is 127. The van der Waals surface area contributed by atoms with Gasteiger partial charge in [0, 0.05) is 26.7 Å². The van der Waals surface area contributed by atoms with E-state index in [4.69, 9.17) is 4.74 Å². The second kappa shape index (κ2) is 11.8. The van der Waals surface area contributed by atoms with Gasteiger partial charge in [0.1, 0.15) is 0 Å². The van der Waals surface area contributed by atoms with E-state index in [-0.39, 0.29) is 29.6 Å². The molecule has 1 heterocycles. The molecule has 1 aliphatic rings. The molecule has 0 amide bonds. The number of halogens is 1. The monoisotopic (exact) mass is 474 g/mol. The standard InChI is InChI=1S/C20H34N4O.HI/c1-5-24(6-2)18(17-11-8-7-9-12-17)15-22-19(21-4)23-16-20(3)13-10-14-25-20;/h7-9,11-12,18H,5-6,10,13-16H2,1-4H3,(H2,21,22,23);1H. The molecule has 0 bridgehead atoms. The van der Waals surface area contributed by atoms with E-state index in [1.807, 2.05) is 7.05 Å². The van der Waals surface area contributed by atoms with Crippen LogP contribution in [0.25, 0.3) is 0 Å².